The predicted molar refractivity (Wildman–Crippen MR) is 113 cm³/mol. The Morgan fingerprint density at radius 2 is 2.00 bits per heavy atom. The monoisotopic (exact) mass is 510 g/mol. The fourth-order valence-electron chi connectivity index (χ4n) is 2.92. The Hall–Kier alpha value is -1.36. The fourth-order valence-corrected chi connectivity index (χ4v) is 3.66. The highest BCUT2D eigenvalue weighted by atomic mass is 127. The Morgan fingerprint density at radius 1 is 1.22 bits per heavy atom. The number of guanidine groups is 1. The molecule has 0 saturated heterocycles. The molecule has 4 nitrogen and oxygen atoms in total. The Kier molecular flexibility index (Phi) is 7.90. The second kappa shape index (κ2) is 9.72. The lowest BCUT2D eigenvalue weighted by Gasteiger charge is -2.10. The highest BCUT2D eigenvalue weighted by Gasteiger charge is 2.33. The van der Waals surface area contributed by atoms with Gasteiger partial charge >= 0.3 is 6.18 Å². The number of fused-ring (bicyclic) bond motifs is 1. The maximum atomic E-state index is 12.6. The first-order chi connectivity index (χ1) is 12.5. The van der Waals surface area contributed by atoms with Crippen molar-refractivity contribution < 1.29 is 13.2 Å². The van der Waals surface area contributed by atoms with Crippen LogP contribution in [0.4, 0.5) is 13.2 Å². The summed E-state index contributed by atoms with van der Waals surface area (Å²) in [6, 6.07) is 6.46. The third-order valence-electron chi connectivity index (χ3n) is 4.18. The summed E-state index contributed by atoms with van der Waals surface area (Å²) in [7, 11) is 0. The zero-order valence-corrected chi connectivity index (χ0v) is 18.0. The minimum Gasteiger partial charge on any atom is -0.357 e. The molecule has 0 unspecified atom stereocenters. The van der Waals surface area contributed by atoms with Crippen molar-refractivity contribution in [2.24, 2.45) is 4.99 Å². The highest BCUT2D eigenvalue weighted by molar-refractivity contribution is 14.0. The molecule has 0 amide bonds. The van der Waals surface area contributed by atoms with E-state index >= 15 is 0 Å². The lowest BCUT2D eigenvalue weighted by molar-refractivity contribution is -0.140. The summed E-state index contributed by atoms with van der Waals surface area (Å²) < 4.78 is 37.8. The van der Waals surface area contributed by atoms with Gasteiger partial charge in [0.15, 0.2) is 11.7 Å². The quantitative estimate of drug-likeness (QED) is 0.353. The minimum atomic E-state index is -4.40. The molecule has 148 valence electrons. The van der Waals surface area contributed by atoms with Gasteiger partial charge in [-0.1, -0.05) is 18.2 Å². The van der Waals surface area contributed by atoms with Crippen LogP contribution in [0.2, 0.25) is 0 Å². The van der Waals surface area contributed by atoms with Gasteiger partial charge in [-0.2, -0.15) is 13.2 Å². The molecule has 1 aromatic heterocycles. The van der Waals surface area contributed by atoms with Gasteiger partial charge in [0, 0.05) is 11.9 Å². The molecule has 0 aliphatic heterocycles. The molecule has 0 radical (unpaired) electrons. The maximum Gasteiger partial charge on any atom is 0.434 e. The molecule has 0 spiro atoms. The SMILES string of the molecule is CCNC(=NCc1ccc2c(c1)CCC2)NCc1nc(C(F)(F)F)cs1.I. The van der Waals surface area contributed by atoms with Gasteiger partial charge in [-0.3, -0.25) is 0 Å². The van der Waals surface area contributed by atoms with E-state index in [1.807, 2.05) is 6.92 Å². The van der Waals surface area contributed by atoms with E-state index in [1.165, 1.54) is 17.5 Å². The van der Waals surface area contributed by atoms with Crippen molar-refractivity contribution in [1.82, 2.24) is 15.6 Å². The number of hydrogen-bond acceptors (Lipinski definition) is 3. The molecule has 0 atom stereocenters. The molecule has 9 heteroatoms. The second-order valence-electron chi connectivity index (χ2n) is 6.13. The predicted octanol–water partition coefficient (Wildman–Crippen LogP) is 4.52. The van der Waals surface area contributed by atoms with Crippen molar-refractivity contribution in [3.63, 3.8) is 0 Å². The number of aryl methyl sites for hydroxylation is 2. The van der Waals surface area contributed by atoms with Gasteiger partial charge in [-0.15, -0.1) is 35.3 Å². The van der Waals surface area contributed by atoms with Crippen LogP contribution in [0.1, 0.15) is 40.7 Å². The normalized spacial score (nSPS) is 13.9. The molecule has 2 N–H and O–H groups in total. The molecule has 1 aromatic carbocycles. The average molecular weight is 510 g/mol. The Labute approximate surface area is 177 Å². The van der Waals surface area contributed by atoms with Crippen molar-refractivity contribution in [3.8, 4) is 0 Å². The molecule has 1 aliphatic carbocycles. The van der Waals surface area contributed by atoms with Crippen molar-refractivity contribution in [1.29, 1.82) is 0 Å². The van der Waals surface area contributed by atoms with Crippen LogP contribution in [0, 0.1) is 0 Å². The lowest BCUT2D eigenvalue weighted by Crippen LogP contribution is -2.36. The number of thiazole rings is 1. The zero-order chi connectivity index (χ0) is 18.6. The number of benzene rings is 1. The standard InChI is InChI=1S/C18H21F3N4S.HI/c1-2-22-17(24-10-16-25-15(11-26-16)18(19,20)21)23-9-12-6-7-13-4-3-5-14(13)8-12;/h6-8,11H,2-5,9-10H2,1H3,(H2,22,23,24);1H. The first-order valence-corrected chi connectivity index (χ1v) is 9.48. The summed E-state index contributed by atoms with van der Waals surface area (Å²) in [5, 5.41) is 7.56. The van der Waals surface area contributed by atoms with Crippen LogP contribution in [-0.2, 0) is 32.1 Å². The number of rotatable bonds is 5. The molecule has 2 aromatic rings. The number of hydrogen-bond donors (Lipinski definition) is 2. The topological polar surface area (TPSA) is 49.3 Å². The van der Waals surface area contributed by atoms with Crippen LogP contribution < -0.4 is 10.6 Å². The molecule has 0 saturated carbocycles. The van der Waals surface area contributed by atoms with Crippen LogP contribution in [0.15, 0.2) is 28.6 Å². The lowest BCUT2D eigenvalue weighted by atomic mass is 10.1. The van der Waals surface area contributed by atoms with Crippen molar-refractivity contribution in [2.75, 3.05) is 6.54 Å². The Balaban J connectivity index is 0.00000261. The average Bonchev–Trinajstić information content (AvgIpc) is 3.25. The van der Waals surface area contributed by atoms with Crippen LogP contribution in [0.25, 0.3) is 0 Å². The van der Waals surface area contributed by atoms with Gasteiger partial charge in [-0.25, -0.2) is 9.98 Å². The van der Waals surface area contributed by atoms with Crippen molar-refractivity contribution >= 4 is 41.3 Å². The highest BCUT2D eigenvalue weighted by Crippen LogP contribution is 2.29. The van der Waals surface area contributed by atoms with E-state index < -0.39 is 11.9 Å². The van der Waals surface area contributed by atoms with Crippen LogP contribution in [-0.4, -0.2) is 17.5 Å². The number of nitrogens with zero attached hydrogens (tertiary/aromatic N) is 2. The fraction of sp³-hybridized carbons (Fsp3) is 0.444. The van der Waals surface area contributed by atoms with E-state index in [4.69, 9.17) is 0 Å². The molecule has 1 aliphatic rings. The molecule has 3 rings (SSSR count). The van der Waals surface area contributed by atoms with E-state index in [2.05, 4.69) is 38.8 Å². The van der Waals surface area contributed by atoms with Crippen LogP contribution >= 0.6 is 35.3 Å². The van der Waals surface area contributed by atoms with Gasteiger partial charge in [0.25, 0.3) is 0 Å². The number of nitrogens with one attached hydrogen (secondary N) is 2. The van der Waals surface area contributed by atoms with Gasteiger partial charge in [0.2, 0.25) is 0 Å². The van der Waals surface area contributed by atoms with Crippen molar-refractivity contribution in [2.45, 2.75) is 45.5 Å². The number of halogens is 4. The van der Waals surface area contributed by atoms with Crippen molar-refractivity contribution in [3.05, 3.63) is 51.0 Å². The number of aromatic nitrogens is 1. The molecular weight excluding hydrogens is 488 g/mol. The van der Waals surface area contributed by atoms with E-state index in [9.17, 15) is 13.2 Å². The maximum absolute atomic E-state index is 12.6. The van der Waals surface area contributed by atoms with Gasteiger partial charge in [-0.05, 0) is 42.9 Å². The van der Waals surface area contributed by atoms with E-state index in [-0.39, 0.29) is 30.5 Å². The van der Waals surface area contributed by atoms with Gasteiger partial charge < -0.3 is 10.6 Å². The summed E-state index contributed by atoms with van der Waals surface area (Å²) in [5.41, 5.74) is 3.11. The zero-order valence-electron chi connectivity index (χ0n) is 14.9. The summed E-state index contributed by atoms with van der Waals surface area (Å²) >= 11 is 0.988. The number of aliphatic imine (C=N–C) groups is 1. The van der Waals surface area contributed by atoms with E-state index in [0.717, 1.165) is 35.1 Å². The van der Waals surface area contributed by atoms with Gasteiger partial charge in [0.1, 0.15) is 5.01 Å². The Bertz CT molecular complexity index is 789. The molecule has 27 heavy (non-hydrogen) atoms. The second-order valence-corrected chi connectivity index (χ2v) is 7.07. The molecule has 1 heterocycles. The third-order valence-corrected chi connectivity index (χ3v) is 5.02. The largest absolute Gasteiger partial charge is 0.434 e. The molecule has 0 bridgehead atoms. The third kappa shape index (κ3) is 6.06. The van der Waals surface area contributed by atoms with E-state index in [1.54, 1.807) is 0 Å². The summed E-state index contributed by atoms with van der Waals surface area (Å²) in [4.78, 5) is 8.15. The first kappa shape index (κ1) is 21.9. The Morgan fingerprint density at radius 3 is 2.70 bits per heavy atom. The van der Waals surface area contributed by atoms with Gasteiger partial charge in [0.05, 0.1) is 13.1 Å². The minimum absolute atomic E-state index is 0. The molecule has 0 fully saturated rings. The first-order valence-electron chi connectivity index (χ1n) is 8.60. The summed E-state index contributed by atoms with van der Waals surface area (Å²) in [5.74, 6) is 0.566. The summed E-state index contributed by atoms with van der Waals surface area (Å²) in [6.07, 6.45) is -0.922. The van der Waals surface area contributed by atoms with E-state index in [0.29, 0.717) is 24.1 Å². The van der Waals surface area contributed by atoms with Crippen LogP contribution in [0.3, 0.4) is 0 Å². The smallest absolute Gasteiger partial charge is 0.357 e. The summed E-state index contributed by atoms with van der Waals surface area (Å²) in [6.45, 7) is 3.34. The van der Waals surface area contributed by atoms with Crippen LogP contribution in [0.5, 0.6) is 0 Å². The number of alkyl halides is 3. The molecular formula is C18H22F3IN4S.